The first-order chi connectivity index (χ1) is 26.5. The van der Waals surface area contributed by atoms with Crippen LogP contribution in [0.25, 0.3) is 0 Å². The molecule has 0 spiro atoms. The fraction of sp³-hybridized carbons (Fsp3) is 0.762. The summed E-state index contributed by atoms with van der Waals surface area (Å²) >= 11 is 0. The summed E-state index contributed by atoms with van der Waals surface area (Å²) in [5.41, 5.74) is 0. The van der Waals surface area contributed by atoms with E-state index in [0.717, 1.165) is 89.9 Å². The zero-order valence-electron chi connectivity index (χ0n) is 33.9. The SMILES string of the molecule is CC/C=C\C/C=C\C/C=C\CCCCCCCC(=O)O[C@H](COC(=O)CCCCCCC[C@@H](O)[C@H](O)C/C=C\CCCCC)COP(=O)(O)OC[C@@H](O)CO. The Labute approximate surface area is 331 Å². The van der Waals surface area contributed by atoms with Gasteiger partial charge in [-0.15, -0.1) is 0 Å². The second kappa shape index (κ2) is 37.4. The summed E-state index contributed by atoms with van der Waals surface area (Å²) in [6, 6.07) is 0. The standard InChI is InChI=1S/C42H75O12P/c1-3-5-7-9-11-12-13-14-15-16-17-18-19-23-28-32-42(48)54-38(36-53-55(49,50)52-34-37(44)33-43)35-51-41(47)31-27-24-20-22-26-30-40(46)39(45)29-25-21-10-8-6-4-2/h5,7,11-12,14-15,21,25,37-40,43-46H,3-4,6,8-10,13,16-20,22-24,26-36H2,1-2H3,(H,49,50)/b7-5-,12-11-,15-14-,25-21-/t37-,38+,39+,40+/m0/s1. The Morgan fingerprint density at radius 1 is 0.618 bits per heavy atom. The van der Waals surface area contributed by atoms with Gasteiger partial charge in [-0.3, -0.25) is 18.6 Å². The number of phosphoric acid groups is 1. The normalized spacial score (nSPS) is 15.5. The molecule has 5 atom stereocenters. The highest BCUT2D eigenvalue weighted by Crippen LogP contribution is 2.43. The van der Waals surface area contributed by atoms with Gasteiger partial charge in [-0.25, -0.2) is 4.57 Å². The van der Waals surface area contributed by atoms with Crippen molar-refractivity contribution < 1.29 is 58.0 Å². The van der Waals surface area contributed by atoms with E-state index in [1.54, 1.807) is 0 Å². The lowest BCUT2D eigenvalue weighted by atomic mass is 10.0. The monoisotopic (exact) mass is 802 g/mol. The first-order valence-corrected chi connectivity index (χ1v) is 22.3. The van der Waals surface area contributed by atoms with Crippen molar-refractivity contribution in [3.63, 3.8) is 0 Å². The van der Waals surface area contributed by atoms with Gasteiger partial charge in [-0.2, -0.15) is 0 Å². The summed E-state index contributed by atoms with van der Waals surface area (Å²) in [6.45, 7) is 2.00. The summed E-state index contributed by atoms with van der Waals surface area (Å²) in [5, 5.41) is 38.7. The Kier molecular flexibility index (Phi) is 36.0. The summed E-state index contributed by atoms with van der Waals surface area (Å²) in [7, 11) is -4.66. The number of carbonyl (C=O) groups excluding carboxylic acids is 2. The highest BCUT2D eigenvalue weighted by molar-refractivity contribution is 7.47. The fourth-order valence-electron chi connectivity index (χ4n) is 5.32. The van der Waals surface area contributed by atoms with Gasteiger partial charge in [-0.05, 0) is 70.6 Å². The second-order valence-corrected chi connectivity index (χ2v) is 15.4. The maximum Gasteiger partial charge on any atom is 0.472 e. The average molecular weight is 803 g/mol. The van der Waals surface area contributed by atoms with Crippen LogP contribution in [0.3, 0.4) is 0 Å². The molecule has 55 heavy (non-hydrogen) atoms. The summed E-state index contributed by atoms with van der Waals surface area (Å²) in [4.78, 5) is 34.9. The zero-order chi connectivity index (χ0) is 40.8. The Hall–Kier alpha value is -2.15. The van der Waals surface area contributed by atoms with Crippen LogP contribution in [0.2, 0.25) is 0 Å². The molecule has 5 N–H and O–H groups in total. The van der Waals surface area contributed by atoms with Crippen molar-refractivity contribution in [2.75, 3.05) is 26.4 Å². The molecule has 0 aromatic rings. The predicted molar refractivity (Wildman–Crippen MR) is 217 cm³/mol. The lowest BCUT2D eigenvalue weighted by molar-refractivity contribution is -0.161. The molecule has 0 rings (SSSR count). The number of esters is 2. The lowest BCUT2D eigenvalue weighted by Gasteiger charge is -2.20. The molecular weight excluding hydrogens is 727 g/mol. The number of rotatable bonds is 38. The van der Waals surface area contributed by atoms with E-state index in [0.29, 0.717) is 25.7 Å². The molecule has 0 radical (unpaired) electrons. The fourth-order valence-corrected chi connectivity index (χ4v) is 6.11. The highest BCUT2D eigenvalue weighted by atomic mass is 31.2. The van der Waals surface area contributed by atoms with Gasteiger partial charge in [0.2, 0.25) is 0 Å². The van der Waals surface area contributed by atoms with Crippen molar-refractivity contribution in [3.8, 4) is 0 Å². The quantitative estimate of drug-likeness (QED) is 0.0174. The van der Waals surface area contributed by atoms with Gasteiger partial charge in [0.05, 0.1) is 32.0 Å². The van der Waals surface area contributed by atoms with Gasteiger partial charge in [0.25, 0.3) is 0 Å². The number of hydrogen-bond donors (Lipinski definition) is 5. The van der Waals surface area contributed by atoms with Crippen molar-refractivity contribution in [1.82, 2.24) is 0 Å². The maximum absolute atomic E-state index is 12.6. The van der Waals surface area contributed by atoms with E-state index in [1.165, 1.54) is 12.8 Å². The van der Waals surface area contributed by atoms with E-state index in [2.05, 4.69) is 60.9 Å². The summed E-state index contributed by atoms with van der Waals surface area (Å²) in [6.07, 6.45) is 31.0. The van der Waals surface area contributed by atoms with Crippen molar-refractivity contribution in [2.24, 2.45) is 0 Å². The maximum atomic E-state index is 12.6. The molecule has 0 fully saturated rings. The lowest BCUT2D eigenvalue weighted by Crippen LogP contribution is -2.29. The van der Waals surface area contributed by atoms with Crippen LogP contribution < -0.4 is 0 Å². The van der Waals surface area contributed by atoms with Gasteiger partial charge in [0, 0.05) is 12.8 Å². The molecule has 0 aromatic carbocycles. The number of carbonyl (C=O) groups is 2. The molecule has 0 aliphatic carbocycles. The summed E-state index contributed by atoms with van der Waals surface area (Å²) in [5.74, 6) is -1.06. The van der Waals surface area contributed by atoms with E-state index in [1.807, 2.05) is 6.08 Å². The molecule has 0 aliphatic rings. The topological polar surface area (TPSA) is 189 Å². The van der Waals surface area contributed by atoms with Crippen LogP contribution in [-0.4, -0.2) is 88.1 Å². The first-order valence-electron chi connectivity index (χ1n) is 20.8. The minimum atomic E-state index is -4.66. The largest absolute Gasteiger partial charge is 0.472 e. The van der Waals surface area contributed by atoms with E-state index in [4.69, 9.17) is 19.1 Å². The number of allylic oxidation sites excluding steroid dienone is 7. The van der Waals surface area contributed by atoms with Gasteiger partial charge in [0.1, 0.15) is 12.7 Å². The van der Waals surface area contributed by atoms with E-state index in [9.17, 15) is 34.4 Å². The van der Waals surface area contributed by atoms with Crippen molar-refractivity contribution >= 4 is 19.8 Å². The summed E-state index contributed by atoms with van der Waals surface area (Å²) < 4.78 is 32.6. The Morgan fingerprint density at radius 3 is 1.82 bits per heavy atom. The molecule has 12 nitrogen and oxygen atoms in total. The second-order valence-electron chi connectivity index (χ2n) is 13.9. The number of ether oxygens (including phenoxy) is 2. The van der Waals surface area contributed by atoms with Crippen molar-refractivity contribution in [1.29, 1.82) is 0 Å². The Bertz CT molecular complexity index is 1090. The van der Waals surface area contributed by atoms with Gasteiger partial charge in [-0.1, -0.05) is 120 Å². The Balaban J connectivity index is 4.47. The minimum absolute atomic E-state index is 0.131. The molecule has 0 aliphatic heterocycles. The smallest absolute Gasteiger partial charge is 0.462 e. The molecule has 13 heteroatoms. The molecule has 320 valence electrons. The van der Waals surface area contributed by atoms with Crippen LogP contribution in [0.4, 0.5) is 0 Å². The number of unbranched alkanes of at least 4 members (excludes halogenated alkanes) is 12. The highest BCUT2D eigenvalue weighted by Gasteiger charge is 2.27. The number of phosphoric ester groups is 1. The molecule has 1 unspecified atom stereocenters. The van der Waals surface area contributed by atoms with Gasteiger partial charge >= 0.3 is 19.8 Å². The molecule has 0 saturated heterocycles. The third kappa shape index (κ3) is 36.0. The van der Waals surface area contributed by atoms with Crippen LogP contribution in [0.15, 0.2) is 48.6 Å². The average Bonchev–Trinajstić information content (AvgIpc) is 3.17. The van der Waals surface area contributed by atoms with Gasteiger partial charge in [0.15, 0.2) is 6.10 Å². The Morgan fingerprint density at radius 2 is 1.16 bits per heavy atom. The van der Waals surface area contributed by atoms with Crippen LogP contribution >= 0.6 is 7.82 Å². The molecular formula is C42H75O12P. The number of aliphatic hydroxyl groups is 4. The predicted octanol–water partition coefficient (Wildman–Crippen LogP) is 8.50. The van der Waals surface area contributed by atoms with Crippen LogP contribution in [0.1, 0.15) is 155 Å². The third-order valence-electron chi connectivity index (χ3n) is 8.67. The van der Waals surface area contributed by atoms with E-state index >= 15 is 0 Å². The van der Waals surface area contributed by atoms with E-state index < -0.39 is 64.0 Å². The van der Waals surface area contributed by atoms with Crippen LogP contribution in [0, 0.1) is 0 Å². The zero-order valence-corrected chi connectivity index (χ0v) is 34.7. The molecule has 0 amide bonds. The van der Waals surface area contributed by atoms with Crippen molar-refractivity contribution in [3.05, 3.63) is 48.6 Å². The van der Waals surface area contributed by atoms with Crippen LogP contribution in [0.5, 0.6) is 0 Å². The number of aliphatic hydroxyl groups excluding tert-OH is 4. The van der Waals surface area contributed by atoms with Crippen molar-refractivity contribution in [2.45, 2.75) is 180 Å². The first kappa shape index (κ1) is 52.9. The molecule has 0 aromatic heterocycles. The molecule has 0 saturated carbocycles. The number of hydrogen-bond acceptors (Lipinski definition) is 11. The molecule has 0 bridgehead atoms. The van der Waals surface area contributed by atoms with E-state index in [-0.39, 0.29) is 19.4 Å². The van der Waals surface area contributed by atoms with Gasteiger partial charge < -0.3 is 34.8 Å². The molecule has 0 heterocycles. The minimum Gasteiger partial charge on any atom is -0.462 e. The van der Waals surface area contributed by atoms with Crippen LogP contribution in [-0.2, 0) is 32.7 Å². The third-order valence-corrected chi connectivity index (χ3v) is 9.62.